The van der Waals surface area contributed by atoms with Crippen molar-refractivity contribution in [3.05, 3.63) is 35.9 Å². The van der Waals surface area contributed by atoms with Crippen LogP contribution in [0.5, 0.6) is 0 Å². The molecular formula is C13H13NO2. The van der Waals surface area contributed by atoms with Crippen LogP contribution in [-0.4, -0.2) is 24.1 Å². The molecule has 0 saturated carbocycles. The van der Waals surface area contributed by atoms with Crippen molar-refractivity contribution in [2.75, 3.05) is 13.2 Å². The summed E-state index contributed by atoms with van der Waals surface area (Å²) in [6, 6.07) is 9.87. The van der Waals surface area contributed by atoms with Gasteiger partial charge in [-0.15, -0.1) is 5.92 Å². The van der Waals surface area contributed by atoms with Gasteiger partial charge in [-0.1, -0.05) is 36.3 Å². The van der Waals surface area contributed by atoms with E-state index in [9.17, 15) is 4.79 Å². The molecule has 82 valence electrons. The lowest BCUT2D eigenvalue weighted by Gasteiger charge is -2.18. The van der Waals surface area contributed by atoms with Crippen molar-refractivity contribution in [3.8, 4) is 11.8 Å². The van der Waals surface area contributed by atoms with Crippen molar-refractivity contribution in [2.45, 2.75) is 13.0 Å². The maximum Gasteiger partial charge on any atom is 0.411 e. The summed E-state index contributed by atoms with van der Waals surface area (Å²) in [6.07, 6.45) is -0.281. The number of carbonyl (C=O) groups excluding carboxylic acids is 1. The van der Waals surface area contributed by atoms with E-state index in [1.807, 2.05) is 30.3 Å². The van der Waals surface area contributed by atoms with Crippen LogP contribution in [0.2, 0.25) is 0 Å². The third-order valence-corrected chi connectivity index (χ3v) is 2.59. The number of carbonyl (C=O) groups is 1. The van der Waals surface area contributed by atoms with Crippen LogP contribution >= 0.6 is 0 Å². The first-order valence-electron chi connectivity index (χ1n) is 5.21. The molecule has 0 unspecified atom stereocenters. The third kappa shape index (κ3) is 2.01. The third-order valence-electron chi connectivity index (χ3n) is 2.59. The van der Waals surface area contributed by atoms with Crippen molar-refractivity contribution in [1.29, 1.82) is 0 Å². The summed E-state index contributed by atoms with van der Waals surface area (Å²) in [5, 5.41) is 0. The number of hydrogen-bond donors (Lipinski definition) is 0. The Hall–Kier alpha value is -1.95. The molecule has 1 heterocycles. The number of cyclic esters (lactones) is 1. The average molecular weight is 215 g/mol. The lowest BCUT2D eigenvalue weighted by Crippen LogP contribution is -2.27. The Morgan fingerprint density at radius 3 is 2.88 bits per heavy atom. The Bertz CT molecular complexity index is 430. The normalized spacial score (nSPS) is 18.9. The molecule has 1 atom stereocenters. The van der Waals surface area contributed by atoms with Crippen LogP contribution in [0.4, 0.5) is 4.79 Å². The molecule has 1 aromatic carbocycles. The van der Waals surface area contributed by atoms with E-state index in [4.69, 9.17) is 4.74 Å². The zero-order valence-electron chi connectivity index (χ0n) is 9.14. The minimum atomic E-state index is -0.281. The van der Waals surface area contributed by atoms with E-state index in [0.717, 1.165) is 5.56 Å². The Labute approximate surface area is 95.0 Å². The molecule has 0 aliphatic carbocycles. The molecule has 1 amide bonds. The van der Waals surface area contributed by atoms with E-state index in [1.165, 1.54) is 0 Å². The summed E-state index contributed by atoms with van der Waals surface area (Å²) >= 11 is 0. The predicted octanol–water partition coefficient (Wildman–Crippen LogP) is 2.20. The van der Waals surface area contributed by atoms with Crippen molar-refractivity contribution >= 4 is 6.09 Å². The van der Waals surface area contributed by atoms with Gasteiger partial charge in [0.2, 0.25) is 0 Å². The van der Waals surface area contributed by atoms with Gasteiger partial charge >= 0.3 is 6.09 Å². The maximum atomic E-state index is 11.5. The molecule has 0 radical (unpaired) electrons. The van der Waals surface area contributed by atoms with Crippen LogP contribution in [0.25, 0.3) is 0 Å². The van der Waals surface area contributed by atoms with Gasteiger partial charge in [0, 0.05) is 0 Å². The highest BCUT2D eigenvalue weighted by molar-refractivity contribution is 5.71. The van der Waals surface area contributed by atoms with Crippen LogP contribution in [0.15, 0.2) is 30.3 Å². The molecule has 0 bridgehead atoms. The van der Waals surface area contributed by atoms with Crippen LogP contribution in [0.3, 0.4) is 0 Å². The first-order valence-corrected chi connectivity index (χ1v) is 5.21. The number of rotatable bonds is 2. The van der Waals surface area contributed by atoms with Gasteiger partial charge in [-0.3, -0.25) is 4.90 Å². The lowest BCUT2D eigenvalue weighted by atomic mass is 10.1. The fourth-order valence-corrected chi connectivity index (χ4v) is 1.74. The van der Waals surface area contributed by atoms with Crippen LogP contribution in [0.1, 0.15) is 18.5 Å². The highest BCUT2D eigenvalue weighted by Crippen LogP contribution is 2.26. The van der Waals surface area contributed by atoms with Crippen molar-refractivity contribution in [3.63, 3.8) is 0 Å². The van der Waals surface area contributed by atoms with Crippen LogP contribution in [-0.2, 0) is 4.74 Å². The van der Waals surface area contributed by atoms with Gasteiger partial charge in [0.25, 0.3) is 0 Å². The second kappa shape index (κ2) is 4.71. The van der Waals surface area contributed by atoms with Gasteiger partial charge in [0.15, 0.2) is 0 Å². The molecule has 1 aliphatic rings. The van der Waals surface area contributed by atoms with Crippen molar-refractivity contribution in [2.24, 2.45) is 0 Å². The molecule has 1 saturated heterocycles. The quantitative estimate of drug-likeness (QED) is 0.708. The first kappa shape index (κ1) is 10.6. The fraction of sp³-hybridized carbons (Fsp3) is 0.308. The first-order chi connectivity index (χ1) is 7.83. The van der Waals surface area contributed by atoms with E-state index >= 15 is 0 Å². The molecule has 1 aromatic rings. The average Bonchev–Trinajstić information content (AvgIpc) is 2.69. The molecular weight excluding hydrogens is 202 g/mol. The monoisotopic (exact) mass is 215 g/mol. The summed E-state index contributed by atoms with van der Waals surface area (Å²) in [6.45, 7) is 2.60. The zero-order valence-corrected chi connectivity index (χ0v) is 9.14. The largest absolute Gasteiger partial charge is 0.447 e. The van der Waals surface area contributed by atoms with Crippen LogP contribution < -0.4 is 0 Å². The maximum absolute atomic E-state index is 11.5. The summed E-state index contributed by atoms with van der Waals surface area (Å²) in [5.74, 6) is 5.68. The Morgan fingerprint density at radius 1 is 1.44 bits per heavy atom. The highest BCUT2D eigenvalue weighted by atomic mass is 16.6. The lowest BCUT2D eigenvalue weighted by molar-refractivity contribution is 0.161. The van der Waals surface area contributed by atoms with Gasteiger partial charge in [0.05, 0.1) is 12.6 Å². The van der Waals surface area contributed by atoms with Gasteiger partial charge in [-0.2, -0.15) is 0 Å². The molecule has 3 nitrogen and oxygen atoms in total. The predicted molar refractivity (Wildman–Crippen MR) is 60.7 cm³/mol. The van der Waals surface area contributed by atoms with Crippen molar-refractivity contribution in [1.82, 2.24) is 4.90 Å². The minimum Gasteiger partial charge on any atom is -0.447 e. The van der Waals surface area contributed by atoms with E-state index in [0.29, 0.717) is 13.2 Å². The smallest absolute Gasteiger partial charge is 0.411 e. The summed E-state index contributed by atoms with van der Waals surface area (Å²) < 4.78 is 5.05. The molecule has 1 fully saturated rings. The van der Waals surface area contributed by atoms with Crippen LogP contribution in [0, 0.1) is 11.8 Å². The molecule has 0 N–H and O–H groups in total. The summed E-state index contributed by atoms with van der Waals surface area (Å²) in [5.41, 5.74) is 1.09. The van der Waals surface area contributed by atoms with E-state index < -0.39 is 0 Å². The topological polar surface area (TPSA) is 29.5 Å². The van der Waals surface area contributed by atoms with E-state index in [1.54, 1.807) is 11.8 Å². The molecule has 1 aliphatic heterocycles. The van der Waals surface area contributed by atoms with Gasteiger partial charge in [-0.25, -0.2) is 4.79 Å². The van der Waals surface area contributed by atoms with Gasteiger partial charge in [-0.05, 0) is 12.5 Å². The van der Waals surface area contributed by atoms with E-state index in [2.05, 4.69) is 11.8 Å². The summed E-state index contributed by atoms with van der Waals surface area (Å²) in [4.78, 5) is 13.2. The fourth-order valence-electron chi connectivity index (χ4n) is 1.74. The standard InChI is InChI=1S/C13H13NO2/c1-2-3-9-14-12(10-16-13(14)15)11-7-5-4-6-8-11/h4-8,12H,9-10H2,1H3/t12-/m0/s1. The zero-order chi connectivity index (χ0) is 11.4. The SMILES string of the molecule is CC#CCN1C(=O)OC[C@H]1c1ccccc1. The molecule has 0 spiro atoms. The van der Waals surface area contributed by atoms with Gasteiger partial charge < -0.3 is 4.74 Å². The summed E-state index contributed by atoms with van der Waals surface area (Å²) in [7, 11) is 0. The molecule has 16 heavy (non-hydrogen) atoms. The minimum absolute atomic E-state index is 0.00505. The second-order valence-electron chi connectivity index (χ2n) is 3.56. The molecule has 0 aromatic heterocycles. The number of nitrogens with zero attached hydrogens (tertiary/aromatic N) is 1. The Balaban J connectivity index is 2.20. The molecule has 2 rings (SSSR count). The Morgan fingerprint density at radius 2 is 2.19 bits per heavy atom. The number of amides is 1. The number of benzene rings is 1. The molecule has 3 heteroatoms. The second-order valence-corrected chi connectivity index (χ2v) is 3.56. The van der Waals surface area contributed by atoms with Crippen molar-refractivity contribution < 1.29 is 9.53 Å². The van der Waals surface area contributed by atoms with E-state index in [-0.39, 0.29) is 12.1 Å². The number of ether oxygens (including phenoxy) is 1. The Kier molecular flexibility index (Phi) is 3.11. The highest BCUT2D eigenvalue weighted by Gasteiger charge is 2.33. The van der Waals surface area contributed by atoms with Gasteiger partial charge in [0.1, 0.15) is 6.61 Å². The number of hydrogen-bond acceptors (Lipinski definition) is 2.